The maximum Gasteiger partial charge on any atom is 0.254 e. The van der Waals surface area contributed by atoms with Gasteiger partial charge in [-0.1, -0.05) is 12.1 Å². The fourth-order valence-corrected chi connectivity index (χ4v) is 2.01. The Balaban J connectivity index is 2.00. The molecule has 1 aromatic heterocycles. The topological polar surface area (TPSA) is 115 Å². The molecule has 0 saturated carbocycles. The standard InChI is InChI=1S/C12H12N4O3S/c13-20(18,19)11-3-1-9(2-4-11)5-16-12(17)10-6-14-8-15-7-10/h1-4,6-8H,5H2,(H,16,17)(H2,13,18,19). The van der Waals surface area contributed by atoms with E-state index in [0.717, 1.165) is 5.56 Å². The first-order chi connectivity index (χ1) is 9.47. The molecule has 2 aromatic rings. The number of rotatable bonds is 4. The van der Waals surface area contributed by atoms with Gasteiger partial charge in [0.2, 0.25) is 10.0 Å². The third kappa shape index (κ3) is 3.59. The van der Waals surface area contributed by atoms with E-state index in [1.165, 1.54) is 30.9 Å². The number of carbonyl (C=O) groups excluding carboxylic acids is 1. The molecule has 0 saturated heterocycles. The van der Waals surface area contributed by atoms with Gasteiger partial charge in [-0.2, -0.15) is 0 Å². The maximum atomic E-state index is 11.7. The van der Waals surface area contributed by atoms with Crippen molar-refractivity contribution < 1.29 is 13.2 Å². The summed E-state index contributed by atoms with van der Waals surface area (Å²) in [7, 11) is -3.70. The molecule has 2 rings (SSSR count). The van der Waals surface area contributed by atoms with E-state index in [9.17, 15) is 13.2 Å². The van der Waals surface area contributed by atoms with E-state index in [2.05, 4.69) is 15.3 Å². The molecule has 0 radical (unpaired) electrons. The van der Waals surface area contributed by atoms with Crippen LogP contribution in [-0.2, 0) is 16.6 Å². The highest BCUT2D eigenvalue weighted by molar-refractivity contribution is 7.89. The van der Waals surface area contributed by atoms with Gasteiger partial charge in [0.05, 0.1) is 10.5 Å². The Labute approximate surface area is 115 Å². The monoisotopic (exact) mass is 292 g/mol. The summed E-state index contributed by atoms with van der Waals surface area (Å²) in [5, 5.41) is 7.67. The molecule has 0 atom stereocenters. The predicted octanol–water partition coefficient (Wildman–Crippen LogP) is 0.0540. The quantitative estimate of drug-likeness (QED) is 0.826. The first-order valence-corrected chi connectivity index (χ1v) is 7.16. The van der Waals surface area contributed by atoms with Gasteiger partial charge in [-0.05, 0) is 17.7 Å². The van der Waals surface area contributed by atoms with Crippen LogP contribution in [0.4, 0.5) is 0 Å². The number of primary sulfonamides is 1. The highest BCUT2D eigenvalue weighted by atomic mass is 32.2. The van der Waals surface area contributed by atoms with Gasteiger partial charge in [0.15, 0.2) is 0 Å². The van der Waals surface area contributed by atoms with Crippen LogP contribution in [0.2, 0.25) is 0 Å². The van der Waals surface area contributed by atoms with Crippen LogP contribution in [0.15, 0.2) is 47.9 Å². The summed E-state index contributed by atoms with van der Waals surface area (Å²) in [6.07, 6.45) is 4.15. The molecular weight excluding hydrogens is 280 g/mol. The molecule has 0 bridgehead atoms. The molecule has 0 aliphatic heterocycles. The molecule has 0 spiro atoms. The Morgan fingerprint density at radius 2 is 1.75 bits per heavy atom. The summed E-state index contributed by atoms with van der Waals surface area (Å²) in [5.41, 5.74) is 1.11. The molecule has 0 fully saturated rings. The third-order valence-corrected chi connectivity index (χ3v) is 3.46. The van der Waals surface area contributed by atoms with Gasteiger partial charge in [-0.15, -0.1) is 0 Å². The minimum Gasteiger partial charge on any atom is -0.348 e. The molecule has 0 aliphatic rings. The minimum absolute atomic E-state index is 0.0315. The smallest absolute Gasteiger partial charge is 0.254 e. The number of sulfonamides is 1. The zero-order valence-electron chi connectivity index (χ0n) is 10.4. The number of aromatic nitrogens is 2. The van der Waals surface area contributed by atoms with E-state index in [1.54, 1.807) is 12.1 Å². The Morgan fingerprint density at radius 3 is 2.30 bits per heavy atom. The van der Waals surface area contributed by atoms with Gasteiger partial charge in [-0.25, -0.2) is 23.5 Å². The lowest BCUT2D eigenvalue weighted by molar-refractivity contribution is 0.0950. The SMILES string of the molecule is NS(=O)(=O)c1ccc(CNC(=O)c2cncnc2)cc1. The molecule has 1 amide bonds. The van der Waals surface area contributed by atoms with Crippen molar-refractivity contribution in [3.63, 3.8) is 0 Å². The lowest BCUT2D eigenvalue weighted by atomic mass is 10.2. The second kappa shape index (κ2) is 5.76. The number of amides is 1. The van der Waals surface area contributed by atoms with Crippen molar-refractivity contribution in [1.82, 2.24) is 15.3 Å². The number of nitrogens with one attached hydrogen (secondary N) is 1. The fraction of sp³-hybridized carbons (Fsp3) is 0.0833. The highest BCUT2D eigenvalue weighted by Crippen LogP contribution is 2.08. The molecule has 0 aliphatic carbocycles. The predicted molar refractivity (Wildman–Crippen MR) is 71.0 cm³/mol. The summed E-state index contributed by atoms with van der Waals surface area (Å²) in [4.78, 5) is 19.3. The van der Waals surface area contributed by atoms with Crippen LogP contribution in [0.1, 0.15) is 15.9 Å². The summed E-state index contributed by atoms with van der Waals surface area (Å²) in [6.45, 7) is 0.263. The average molecular weight is 292 g/mol. The van der Waals surface area contributed by atoms with Crippen LogP contribution in [0.3, 0.4) is 0 Å². The number of hydrogen-bond acceptors (Lipinski definition) is 5. The van der Waals surface area contributed by atoms with Crippen molar-refractivity contribution in [2.24, 2.45) is 5.14 Å². The molecule has 20 heavy (non-hydrogen) atoms. The van der Waals surface area contributed by atoms with Gasteiger partial charge < -0.3 is 5.32 Å². The molecule has 7 nitrogen and oxygen atoms in total. The zero-order chi connectivity index (χ0) is 14.6. The molecule has 104 valence electrons. The Morgan fingerprint density at radius 1 is 1.15 bits per heavy atom. The highest BCUT2D eigenvalue weighted by Gasteiger charge is 2.08. The molecule has 0 unspecified atom stereocenters. The molecule has 1 aromatic carbocycles. The van der Waals surface area contributed by atoms with Crippen molar-refractivity contribution in [1.29, 1.82) is 0 Å². The lowest BCUT2D eigenvalue weighted by Crippen LogP contribution is -2.23. The molecule has 8 heteroatoms. The van der Waals surface area contributed by atoms with Crippen LogP contribution < -0.4 is 10.5 Å². The van der Waals surface area contributed by atoms with Crippen LogP contribution in [0.25, 0.3) is 0 Å². The van der Waals surface area contributed by atoms with Gasteiger partial charge in [0, 0.05) is 18.9 Å². The Hall–Kier alpha value is -2.32. The van der Waals surface area contributed by atoms with Crippen LogP contribution in [0, 0.1) is 0 Å². The average Bonchev–Trinajstić information content (AvgIpc) is 2.45. The molecular formula is C12H12N4O3S. The second-order valence-electron chi connectivity index (χ2n) is 4.00. The second-order valence-corrected chi connectivity index (χ2v) is 5.56. The summed E-state index contributed by atoms with van der Waals surface area (Å²) in [6, 6.07) is 5.95. The van der Waals surface area contributed by atoms with E-state index in [0.29, 0.717) is 5.56 Å². The number of nitrogens with two attached hydrogens (primary N) is 1. The largest absolute Gasteiger partial charge is 0.348 e. The number of nitrogens with zero attached hydrogens (tertiary/aromatic N) is 2. The van der Waals surface area contributed by atoms with Crippen molar-refractivity contribution >= 4 is 15.9 Å². The van der Waals surface area contributed by atoms with Crippen LogP contribution in [-0.4, -0.2) is 24.3 Å². The van der Waals surface area contributed by atoms with Crippen molar-refractivity contribution in [2.75, 3.05) is 0 Å². The first-order valence-electron chi connectivity index (χ1n) is 5.62. The van der Waals surface area contributed by atoms with E-state index >= 15 is 0 Å². The van der Waals surface area contributed by atoms with Crippen LogP contribution in [0.5, 0.6) is 0 Å². The normalized spacial score (nSPS) is 11.1. The molecule has 1 heterocycles. The summed E-state index contributed by atoms with van der Waals surface area (Å²) in [5.74, 6) is -0.305. The summed E-state index contributed by atoms with van der Waals surface area (Å²) >= 11 is 0. The van der Waals surface area contributed by atoms with E-state index in [4.69, 9.17) is 5.14 Å². The minimum atomic E-state index is -3.70. The van der Waals surface area contributed by atoms with Gasteiger partial charge in [0.25, 0.3) is 5.91 Å². The van der Waals surface area contributed by atoms with Crippen molar-refractivity contribution in [3.05, 3.63) is 54.1 Å². The van der Waals surface area contributed by atoms with Gasteiger partial charge in [0.1, 0.15) is 6.33 Å². The number of hydrogen-bond donors (Lipinski definition) is 2. The zero-order valence-corrected chi connectivity index (χ0v) is 11.2. The maximum absolute atomic E-state index is 11.7. The summed E-state index contributed by atoms with van der Waals surface area (Å²) < 4.78 is 22.2. The number of carbonyl (C=O) groups is 1. The first kappa shape index (κ1) is 14.1. The Kier molecular flexibility index (Phi) is 4.06. The van der Waals surface area contributed by atoms with Gasteiger partial charge >= 0.3 is 0 Å². The number of benzene rings is 1. The van der Waals surface area contributed by atoms with E-state index in [1.807, 2.05) is 0 Å². The van der Waals surface area contributed by atoms with E-state index < -0.39 is 10.0 Å². The van der Waals surface area contributed by atoms with E-state index in [-0.39, 0.29) is 17.3 Å². The Bertz CT molecular complexity index is 699. The lowest BCUT2D eigenvalue weighted by Gasteiger charge is -2.05. The third-order valence-electron chi connectivity index (χ3n) is 2.53. The van der Waals surface area contributed by atoms with Crippen molar-refractivity contribution in [2.45, 2.75) is 11.4 Å². The van der Waals surface area contributed by atoms with Crippen LogP contribution >= 0.6 is 0 Å². The fourth-order valence-electron chi connectivity index (χ4n) is 1.50. The van der Waals surface area contributed by atoms with Crippen molar-refractivity contribution in [3.8, 4) is 0 Å². The molecule has 3 N–H and O–H groups in total. The van der Waals surface area contributed by atoms with Gasteiger partial charge in [-0.3, -0.25) is 4.79 Å².